The molecule has 0 radical (unpaired) electrons. The molecular weight excluding hydrogens is 656 g/mol. The zero-order chi connectivity index (χ0) is 23.5. The van der Waals surface area contributed by atoms with Crippen molar-refractivity contribution in [2.45, 2.75) is 0 Å². The first kappa shape index (κ1) is 29.3. The maximum Gasteiger partial charge on any atom is 4.00 e. The molecule has 38 heavy (non-hydrogen) atoms. The molecular formula is C34H25F2HfP. The molecule has 0 fully saturated rings. The molecule has 184 valence electrons. The molecule has 4 heteroatoms. The van der Waals surface area contributed by atoms with E-state index in [0.29, 0.717) is 0 Å². The van der Waals surface area contributed by atoms with Crippen molar-refractivity contribution in [3.05, 3.63) is 152 Å². The molecule has 0 aliphatic rings. The van der Waals surface area contributed by atoms with Gasteiger partial charge in [-0.3, -0.25) is 0 Å². The largest absolute Gasteiger partial charge is 4.00 e. The fourth-order valence-corrected chi connectivity index (χ4v) is 7.14. The van der Waals surface area contributed by atoms with Crippen molar-refractivity contribution < 1.29 is 35.3 Å². The van der Waals surface area contributed by atoms with Gasteiger partial charge in [-0.05, 0) is 18.5 Å². The van der Waals surface area contributed by atoms with Crippen molar-refractivity contribution in [2.24, 2.45) is 0 Å². The third-order valence-corrected chi connectivity index (χ3v) is 8.82. The molecule has 0 atom stereocenters. The van der Waals surface area contributed by atoms with Crippen molar-refractivity contribution in [3.63, 3.8) is 0 Å². The van der Waals surface area contributed by atoms with Gasteiger partial charge in [0.25, 0.3) is 0 Å². The number of hydrogen-bond donors (Lipinski definition) is 0. The first-order valence-corrected chi connectivity index (χ1v) is 13.3. The van der Waals surface area contributed by atoms with Crippen LogP contribution in [0.4, 0.5) is 0 Å². The average molecular weight is 681 g/mol. The molecule has 0 saturated heterocycles. The quantitative estimate of drug-likeness (QED) is 0.152. The van der Waals surface area contributed by atoms with Crippen LogP contribution in [0, 0.1) is 0 Å². The van der Waals surface area contributed by atoms with E-state index in [1.54, 1.807) is 0 Å². The Bertz CT molecular complexity index is 1580. The van der Waals surface area contributed by atoms with Crippen molar-refractivity contribution in [3.8, 4) is 0 Å². The molecule has 7 aromatic carbocycles. The van der Waals surface area contributed by atoms with Gasteiger partial charge in [0.2, 0.25) is 0 Å². The van der Waals surface area contributed by atoms with Crippen LogP contribution < -0.4 is 25.3 Å². The summed E-state index contributed by atoms with van der Waals surface area (Å²) in [4.78, 5) is 0. The Morgan fingerprint density at radius 2 is 0.842 bits per heavy atom. The Morgan fingerprint density at radius 1 is 0.421 bits per heavy atom. The Morgan fingerprint density at radius 3 is 1.34 bits per heavy atom. The molecule has 0 aliphatic heterocycles. The fraction of sp³-hybridized carbons (Fsp3) is 0. The molecule has 0 aliphatic carbocycles. The predicted molar refractivity (Wildman–Crippen MR) is 155 cm³/mol. The minimum atomic E-state index is -0.493. The van der Waals surface area contributed by atoms with E-state index < -0.39 is 7.92 Å². The van der Waals surface area contributed by atoms with Crippen LogP contribution in [0.2, 0.25) is 0 Å². The molecule has 0 spiro atoms. The molecule has 7 aromatic rings. The van der Waals surface area contributed by atoms with Crippen LogP contribution >= 0.6 is 7.92 Å². The number of fused-ring (bicyclic) bond motifs is 4. The van der Waals surface area contributed by atoms with E-state index in [1.165, 1.54) is 48.2 Å². The SMILES string of the molecule is [F-].[F-].[Hf+4].c1ccc(P(c2ccccc2)c2cc3ccccc3[cH-]2)cc1.c1ccc2c(c1)[cH-]c1ccccc12. The summed E-state index contributed by atoms with van der Waals surface area (Å²) in [5.41, 5.74) is 0. The molecule has 7 rings (SSSR count). The molecule has 0 saturated carbocycles. The van der Waals surface area contributed by atoms with Crippen LogP contribution in [-0.4, -0.2) is 0 Å². The standard InChI is InChI=1S/C21H16P.C13H9.2FH.Hf/c1-3-11-19(12-4-1)22(20-13-5-2-6-14-20)21-15-17-9-7-8-10-18(17)16-21;1-3-7-12-10(5-1)9-11-6-2-4-8-13(11)12;;;/h1-16H;1-9H;2*1H;/q2*-1;;;+4/p-2. The van der Waals surface area contributed by atoms with Crippen LogP contribution in [0.25, 0.3) is 32.3 Å². The summed E-state index contributed by atoms with van der Waals surface area (Å²) in [7, 11) is -0.493. The van der Waals surface area contributed by atoms with Gasteiger partial charge >= 0.3 is 25.8 Å². The molecule has 0 heterocycles. The number of hydrogen-bond acceptors (Lipinski definition) is 0. The second-order valence-electron chi connectivity index (χ2n) is 8.67. The Labute approximate surface area is 241 Å². The summed E-state index contributed by atoms with van der Waals surface area (Å²) in [6, 6.07) is 54.3. The van der Waals surface area contributed by atoms with Crippen LogP contribution in [-0.2, 0) is 25.8 Å². The maximum absolute atomic E-state index is 2.35. The smallest absolute Gasteiger partial charge is 1.00 e. The van der Waals surface area contributed by atoms with Crippen molar-refractivity contribution in [2.75, 3.05) is 0 Å². The first-order chi connectivity index (χ1) is 17.4. The second kappa shape index (κ2) is 13.5. The van der Waals surface area contributed by atoms with Crippen molar-refractivity contribution in [1.82, 2.24) is 0 Å². The van der Waals surface area contributed by atoms with Crippen LogP contribution in [0.5, 0.6) is 0 Å². The van der Waals surface area contributed by atoms with Crippen molar-refractivity contribution in [1.29, 1.82) is 0 Å². The third kappa shape index (κ3) is 6.07. The van der Waals surface area contributed by atoms with E-state index in [0.717, 1.165) is 0 Å². The van der Waals surface area contributed by atoms with Gasteiger partial charge in [-0.15, -0.1) is 80.1 Å². The Kier molecular flexibility index (Phi) is 10.4. The van der Waals surface area contributed by atoms with Gasteiger partial charge in [0.15, 0.2) is 0 Å². The maximum atomic E-state index is 2.35. The van der Waals surface area contributed by atoms with Gasteiger partial charge in [0.05, 0.1) is 0 Å². The summed E-state index contributed by atoms with van der Waals surface area (Å²) in [5, 5.41) is 12.3. The summed E-state index contributed by atoms with van der Waals surface area (Å²) in [6.07, 6.45) is 0. The van der Waals surface area contributed by atoms with Gasteiger partial charge in [0, 0.05) is 0 Å². The van der Waals surface area contributed by atoms with Crippen LogP contribution in [0.1, 0.15) is 0 Å². The molecule has 0 nitrogen and oxygen atoms in total. The van der Waals surface area contributed by atoms with E-state index in [9.17, 15) is 0 Å². The van der Waals surface area contributed by atoms with Crippen LogP contribution in [0.3, 0.4) is 0 Å². The van der Waals surface area contributed by atoms with Crippen molar-refractivity contribution >= 4 is 56.2 Å². The summed E-state index contributed by atoms with van der Waals surface area (Å²) in [6.45, 7) is 0. The van der Waals surface area contributed by atoms with Crippen LogP contribution in [0.15, 0.2) is 152 Å². The fourth-order valence-electron chi connectivity index (χ4n) is 4.77. The average Bonchev–Trinajstić information content (AvgIpc) is 3.52. The zero-order valence-corrected chi connectivity index (χ0v) is 25.1. The van der Waals surface area contributed by atoms with E-state index >= 15 is 0 Å². The molecule has 0 unspecified atom stereocenters. The third-order valence-electron chi connectivity index (χ3n) is 6.41. The summed E-state index contributed by atoms with van der Waals surface area (Å²) >= 11 is 0. The predicted octanol–water partition coefficient (Wildman–Crippen LogP) is 2.03. The molecule has 0 amide bonds. The Balaban J connectivity index is 0.000000216. The van der Waals surface area contributed by atoms with Gasteiger partial charge in [-0.1, -0.05) is 103 Å². The second-order valence-corrected chi connectivity index (χ2v) is 10.9. The van der Waals surface area contributed by atoms with E-state index in [2.05, 4.69) is 152 Å². The van der Waals surface area contributed by atoms with E-state index in [1.807, 2.05) is 0 Å². The number of benzene rings is 5. The molecule has 0 bridgehead atoms. The number of rotatable bonds is 3. The van der Waals surface area contributed by atoms with E-state index in [4.69, 9.17) is 0 Å². The first-order valence-electron chi connectivity index (χ1n) is 12.0. The topological polar surface area (TPSA) is 0 Å². The van der Waals surface area contributed by atoms with Gasteiger partial charge in [0.1, 0.15) is 0 Å². The van der Waals surface area contributed by atoms with Gasteiger partial charge in [-0.25, -0.2) is 0 Å². The normalized spacial score (nSPS) is 10.2. The Hall–Kier alpha value is -3.26. The molecule has 0 aromatic heterocycles. The van der Waals surface area contributed by atoms with Gasteiger partial charge < -0.3 is 9.41 Å². The molecule has 0 N–H and O–H groups in total. The number of halogens is 2. The van der Waals surface area contributed by atoms with E-state index in [-0.39, 0.29) is 35.3 Å². The summed E-state index contributed by atoms with van der Waals surface area (Å²) in [5.74, 6) is 0. The van der Waals surface area contributed by atoms with Gasteiger partial charge in [-0.2, -0.15) is 6.07 Å². The summed E-state index contributed by atoms with van der Waals surface area (Å²) < 4.78 is 0. The zero-order valence-electron chi connectivity index (χ0n) is 20.6. The minimum absolute atomic E-state index is 0. The monoisotopic (exact) mass is 682 g/mol. The minimum Gasteiger partial charge on any atom is -1.00 e.